The number of rotatable bonds is 5. The lowest BCUT2D eigenvalue weighted by atomic mass is 10.2. The summed E-state index contributed by atoms with van der Waals surface area (Å²) < 4.78 is 15.8. The predicted octanol–water partition coefficient (Wildman–Crippen LogP) is 3.47. The molecule has 6 heteroatoms. The average molecular weight is 344 g/mol. The first-order valence-electron chi connectivity index (χ1n) is 9.05. The van der Waals surface area contributed by atoms with E-state index < -0.39 is 0 Å². The SMILES string of the molecule is CC(C)c1nc(CCN2CCCCCC2=O)n(-c2ccccc2F)n1. The molecule has 0 aliphatic carbocycles. The number of nitrogens with zero attached hydrogens (tertiary/aromatic N) is 4. The van der Waals surface area contributed by atoms with E-state index in [0.29, 0.717) is 36.7 Å². The number of carbonyl (C=O) groups excluding carboxylic acids is 1. The van der Waals surface area contributed by atoms with Crippen LogP contribution in [0.4, 0.5) is 4.39 Å². The molecule has 1 amide bonds. The van der Waals surface area contributed by atoms with E-state index in [1.54, 1.807) is 22.9 Å². The van der Waals surface area contributed by atoms with Gasteiger partial charge >= 0.3 is 0 Å². The standard InChI is InChI=1S/C19H25FN4O/c1-14(2)19-21-17(11-13-23-12-7-3-4-10-18(23)25)24(22-19)16-9-6-5-8-15(16)20/h5-6,8-9,14H,3-4,7,10-13H2,1-2H3. The largest absolute Gasteiger partial charge is 0.342 e. The fourth-order valence-electron chi connectivity index (χ4n) is 3.09. The molecular formula is C19H25FN4O. The van der Waals surface area contributed by atoms with Crippen molar-refractivity contribution in [3.63, 3.8) is 0 Å². The normalized spacial score (nSPS) is 15.7. The third kappa shape index (κ3) is 4.06. The average Bonchev–Trinajstić information content (AvgIpc) is 2.91. The predicted molar refractivity (Wildman–Crippen MR) is 94.2 cm³/mol. The van der Waals surface area contributed by atoms with Gasteiger partial charge in [0.05, 0.1) is 0 Å². The Morgan fingerprint density at radius 1 is 1.20 bits per heavy atom. The maximum absolute atomic E-state index is 14.2. The number of hydrogen-bond acceptors (Lipinski definition) is 3. The Hall–Kier alpha value is -2.24. The second-order valence-electron chi connectivity index (χ2n) is 6.85. The number of likely N-dealkylation sites (tertiary alicyclic amines) is 1. The van der Waals surface area contributed by atoms with Gasteiger partial charge < -0.3 is 4.90 Å². The Bertz CT molecular complexity index is 741. The minimum atomic E-state index is -0.324. The van der Waals surface area contributed by atoms with Gasteiger partial charge in [0, 0.05) is 31.8 Å². The molecule has 0 unspecified atom stereocenters. The highest BCUT2D eigenvalue weighted by Gasteiger charge is 2.20. The summed E-state index contributed by atoms with van der Waals surface area (Å²) in [5, 5.41) is 4.50. The fourth-order valence-corrected chi connectivity index (χ4v) is 3.09. The summed E-state index contributed by atoms with van der Waals surface area (Å²) in [6.07, 6.45) is 4.31. The van der Waals surface area contributed by atoms with E-state index in [9.17, 15) is 9.18 Å². The Morgan fingerprint density at radius 3 is 2.76 bits per heavy atom. The molecule has 0 spiro atoms. The van der Waals surface area contributed by atoms with Crippen LogP contribution in [0, 0.1) is 5.82 Å². The topological polar surface area (TPSA) is 51.0 Å². The van der Waals surface area contributed by atoms with Crippen LogP contribution in [-0.2, 0) is 11.2 Å². The minimum Gasteiger partial charge on any atom is -0.342 e. The van der Waals surface area contributed by atoms with Gasteiger partial charge in [0.1, 0.15) is 17.3 Å². The summed E-state index contributed by atoms with van der Waals surface area (Å²) in [6, 6.07) is 6.58. The van der Waals surface area contributed by atoms with Crippen molar-refractivity contribution < 1.29 is 9.18 Å². The Balaban J connectivity index is 1.85. The lowest BCUT2D eigenvalue weighted by Gasteiger charge is -2.20. The summed E-state index contributed by atoms with van der Waals surface area (Å²) in [6.45, 7) is 5.43. The van der Waals surface area contributed by atoms with Crippen LogP contribution in [0.5, 0.6) is 0 Å². The molecule has 1 aliphatic rings. The lowest BCUT2D eigenvalue weighted by Crippen LogP contribution is -2.32. The Kier molecular flexibility index (Phi) is 5.46. The number of aromatic nitrogens is 3. The van der Waals surface area contributed by atoms with Crippen LogP contribution in [0.2, 0.25) is 0 Å². The fraction of sp³-hybridized carbons (Fsp3) is 0.526. The van der Waals surface area contributed by atoms with Crippen molar-refractivity contribution in [1.82, 2.24) is 19.7 Å². The summed E-state index contributed by atoms with van der Waals surface area (Å²) >= 11 is 0. The maximum atomic E-state index is 14.2. The number of hydrogen-bond donors (Lipinski definition) is 0. The minimum absolute atomic E-state index is 0.159. The second kappa shape index (κ2) is 7.76. The first kappa shape index (κ1) is 17.6. The van der Waals surface area contributed by atoms with E-state index in [-0.39, 0.29) is 17.6 Å². The van der Waals surface area contributed by atoms with Gasteiger partial charge in [0.2, 0.25) is 5.91 Å². The molecule has 0 atom stereocenters. The highest BCUT2D eigenvalue weighted by molar-refractivity contribution is 5.76. The van der Waals surface area contributed by atoms with Gasteiger partial charge in [0.15, 0.2) is 5.82 Å². The van der Waals surface area contributed by atoms with Crippen molar-refractivity contribution >= 4 is 5.91 Å². The molecule has 3 rings (SSSR count). The molecule has 2 aromatic rings. The van der Waals surface area contributed by atoms with E-state index in [1.165, 1.54) is 6.07 Å². The molecule has 0 saturated carbocycles. The van der Waals surface area contributed by atoms with E-state index in [2.05, 4.69) is 10.1 Å². The van der Waals surface area contributed by atoms with Gasteiger partial charge in [-0.3, -0.25) is 4.79 Å². The van der Waals surface area contributed by atoms with Gasteiger partial charge in [-0.25, -0.2) is 14.1 Å². The molecule has 25 heavy (non-hydrogen) atoms. The number of para-hydroxylation sites is 1. The van der Waals surface area contributed by atoms with Crippen LogP contribution in [0.15, 0.2) is 24.3 Å². The summed E-state index contributed by atoms with van der Waals surface area (Å²) in [5.41, 5.74) is 0.402. The van der Waals surface area contributed by atoms with Crippen molar-refractivity contribution in [1.29, 1.82) is 0 Å². The van der Waals surface area contributed by atoms with E-state index in [0.717, 1.165) is 25.8 Å². The van der Waals surface area contributed by atoms with E-state index in [1.807, 2.05) is 18.7 Å². The lowest BCUT2D eigenvalue weighted by molar-refractivity contribution is -0.130. The second-order valence-corrected chi connectivity index (χ2v) is 6.85. The molecule has 1 aliphatic heterocycles. The first-order chi connectivity index (χ1) is 12.1. The van der Waals surface area contributed by atoms with Crippen LogP contribution < -0.4 is 0 Å². The zero-order valence-corrected chi connectivity index (χ0v) is 14.9. The number of halogens is 1. The van der Waals surface area contributed by atoms with Crippen molar-refractivity contribution in [2.75, 3.05) is 13.1 Å². The smallest absolute Gasteiger partial charge is 0.222 e. The molecule has 1 saturated heterocycles. The van der Waals surface area contributed by atoms with Gasteiger partial charge in [-0.2, -0.15) is 5.10 Å². The molecule has 5 nitrogen and oxygen atoms in total. The molecule has 0 N–H and O–H groups in total. The van der Waals surface area contributed by atoms with Crippen LogP contribution in [0.25, 0.3) is 5.69 Å². The third-order valence-corrected chi connectivity index (χ3v) is 4.56. The molecular weight excluding hydrogens is 319 g/mol. The zero-order chi connectivity index (χ0) is 17.8. The zero-order valence-electron chi connectivity index (χ0n) is 14.9. The van der Waals surface area contributed by atoms with E-state index in [4.69, 9.17) is 0 Å². The highest BCUT2D eigenvalue weighted by Crippen LogP contribution is 2.19. The summed E-state index contributed by atoms with van der Waals surface area (Å²) in [7, 11) is 0. The molecule has 0 radical (unpaired) electrons. The van der Waals surface area contributed by atoms with Crippen molar-refractivity contribution in [2.24, 2.45) is 0 Å². The van der Waals surface area contributed by atoms with Crippen molar-refractivity contribution in [3.05, 3.63) is 41.7 Å². The molecule has 0 bridgehead atoms. The van der Waals surface area contributed by atoms with Crippen molar-refractivity contribution in [3.8, 4) is 5.69 Å². The van der Waals surface area contributed by atoms with Crippen LogP contribution in [0.3, 0.4) is 0 Å². The Morgan fingerprint density at radius 2 is 2.00 bits per heavy atom. The first-order valence-corrected chi connectivity index (χ1v) is 9.05. The molecule has 134 valence electrons. The number of carbonyl (C=O) groups is 1. The molecule has 1 fully saturated rings. The van der Waals surface area contributed by atoms with Crippen LogP contribution >= 0.6 is 0 Å². The van der Waals surface area contributed by atoms with Gasteiger partial charge in [-0.15, -0.1) is 0 Å². The Labute approximate surface area is 147 Å². The highest BCUT2D eigenvalue weighted by atomic mass is 19.1. The third-order valence-electron chi connectivity index (χ3n) is 4.56. The van der Waals surface area contributed by atoms with Crippen LogP contribution in [-0.4, -0.2) is 38.7 Å². The maximum Gasteiger partial charge on any atom is 0.222 e. The summed E-state index contributed by atoms with van der Waals surface area (Å²) in [4.78, 5) is 18.7. The van der Waals surface area contributed by atoms with Crippen molar-refractivity contribution in [2.45, 2.75) is 51.9 Å². The summed E-state index contributed by atoms with van der Waals surface area (Å²) in [5.74, 6) is 1.44. The van der Waals surface area contributed by atoms with Crippen LogP contribution in [0.1, 0.15) is 57.1 Å². The van der Waals surface area contributed by atoms with E-state index >= 15 is 0 Å². The molecule has 1 aromatic carbocycles. The molecule has 1 aromatic heterocycles. The number of amides is 1. The number of benzene rings is 1. The van der Waals surface area contributed by atoms with Gasteiger partial charge in [0.25, 0.3) is 0 Å². The molecule has 2 heterocycles. The van der Waals surface area contributed by atoms with Gasteiger partial charge in [-0.05, 0) is 25.0 Å². The van der Waals surface area contributed by atoms with Gasteiger partial charge in [-0.1, -0.05) is 32.4 Å². The quantitative estimate of drug-likeness (QED) is 0.834. The monoisotopic (exact) mass is 344 g/mol.